The Morgan fingerprint density at radius 3 is 2.32 bits per heavy atom. The van der Waals surface area contributed by atoms with Crippen molar-refractivity contribution in [3.8, 4) is 0 Å². The Hall–Kier alpha value is -2.77. The topological polar surface area (TPSA) is 92.8 Å². The average molecular weight is 390 g/mol. The van der Waals surface area contributed by atoms with Crippen LogP contribution < -0.4 is 5.32 Å². The summed E-state index contributed by atoms with van der Waals surface area (Å²) in [4.78, 5) is 50.7. The van der Waals surface area contributed by atoms with E-state index in [1.54, 1.807) is 0 Å². The highest BCUT2D eigenvalue weighted by Crippen LogP contribution is 2.38. The number of nitrogens with zero attached hydrogens (tertiary/aromatic N) is 1. The Morgan fingerprint density at radius 1 is 1.14 bits per heavy atom. The summed E-state index contributed by atoms with van der Waals surface area (Å²) in [5, 5.41) is 2.45. The average Bonchev–Trinajstić information content (AvgIpc) is 2.92. The number of carbonyl (C=O) groups excluding carboxylic acids is 4. The Morgan fingerprint density at radius 2 is 1.75 bits per heavy atom. The Bertz CT molecular complexity index is 788. The standard InChI is InChI=1S/C20H23FN2O5/c1-11(23-18(25)15-8-3-4-9-16(15)19(23)26)20(27)28-12(2)17(24)22-14-7-5-6-13(21)10-14/h5-7,10-12,15-16H,3-4,8-9H2,1-2H3,(H,22,24)/t11-,12-,15-,16-/m0/s1. The molecular weight excluding hydrogens is 367 g/mol. The Kier molecular flexibility index (Phi) is 5.76. The second-order valence-corrected chi connectivity index (χ2v) is 7.30. The van der Waals surface area contributed by atoms with E-state index in [4.69, 9.17) is 4.74 Å². The molecule has 2 fully saturated rings. The molecule has 0 aromatic heterocycles. The fraction of sp³-hybridized carbons (Fsp3) is 0.500. The van der Waals surface area contributed by atoms with Crippen molar-refractivity contribution in [1.82, 2.24) is 4.90 Å². The van der Waals surface area contributed by atoms with Crippen molar-refractivity contribution < 1.29 is 28.3 Å². The number of fused-ring (bicyclic) bond motifs is 1. The van der Waals surface area contributed by atoms with Crippen molar-refractivity contribution >= 4 is 29.4 Å². The van der Waals surface area contributed by atoms with Crippen LogP contribution in [0.25, 0.3) is 0 Å². The summed E-state index contributed by atoms with van der Waals surface area (Å²) in [5.41, 5.74) is 0.231. The lowest BCUT2D eigenvalue weighted by atomic mass is 9.81. The molecule has 1 aliphatic heterocycles. The van der Waals surface area contributed by atoms with Crippen molar-refractivity contribution in [2.75, 3.05) is 5.32 Å². The zero-order valence-electron chi connectivity index (χ0n) is 15.8. The maximum absolute atomic E-state index is 13.2. The van der Waals surface area contributed by atoms with Gasteiger partial charge in [0.15, 0.2) is 6.10 Å². The Labute approximate surface area is 162 Å². The summed E-state index contributed by atoms with van der Waals surface area (Å²) in [6.07, 6.45) is 1.92. The number of benzene rings is 1. The number of nitrogens with one attached hydrogen (secondary N) is 1. The minimum atomic E-state index is -1.17. The van der Waals surface area contributed by atoms with Crippen LogP contribution in [0, 0.1) is 17.7 Å². The number of amides is 3. The summed E-state index contributed by atoms with van der Waals surface area (Å²) in [6, 6.07) is 4.21. The molecule has 1 aliphatic carbocycles. The maximum Gasteiger partial charge on any atom is 0.329 e. The molecule has 1 aromatic carbocycles. The number of imide groups is 1. The smallest absolute Gasteiger partial charge is 0.329 e. The fourth-order valence-corrected chi connectivity index (χ4v) is 3.81. The molecule has 3 amide bonds. The van der Waals surface area contributed by atoms with Gasteiger partial charge in [0.25, 0.3) is 5.91 Å². The third kappa shape index (κ3) is 3.90. The first-order valence-corrected chi connectivity index (χ1v) is 9.43. The third-order valence-electron chi connectivity index (χ3n) is 5.36. The van der Waals surface area contributed by atoms with Crippen LogP contribution in [0.3, 0.4) is 0 Å². The van der Waals surface area contributed by atoms with Gasteiger partial charge in [-0.25, -0.2) is 9.18 Å². The van der Waals surface area contributed by atoms with Gasteiger partial charge in [-0.05, 0) is 44.9 Å². The second kappa shape index (κ2) is 8.08. The van der Waals surface area contributed by atoms with E-state index < -0.39 is 29.8 Å². The van der Waals surface area contributed by atoms with Crippen LogP contribution in [0.2, 0.25) is 0 Å². The molecule has 0 spiro atoms. The molecule has 2 aliphatic rings. The van der Waals surface area contributed by atoms with Gasteiger partial charge in [-0.2, -0.15) is 0 Å². The molecule has 0 unspecified atom stereocenters. The minimum Gasteiger partial charge on any atom is -0.451 e. The van der Waals surface area contributed by atoms with Crippen molar-refractivity contribution in [2.24, 2.45) is 11.8 Å². The van der Waals surface area contributed by atoms with E-state index in [9.17, 15) is 23.6 Å². The zero-order valence-corrected chi connectivity index (χ0v) is 15.8. The third-order valence-corrected chi connectivity index (χ3v) is 5.36. The molecule has 0 radical (unpaired) electrons. The SMILES string of the molecule is C[C@H](OC(=O)[C@H](C)N1C(=O)[C@H]2CCCC[C@@H]2C1=O)C(=O)Nc1cccc(F)c1. The highest BCUT2D eigenvalue weighted by atomic mass is 19.1. The van der Waals surface area contributed by atoms with Crippen LogP contribution in [0.4, 0.5) is 10.1 Å². The van der Waals surface area contributed by atoms with Gasteiger partial charge in [0.2, 0.25) is 11.8 Å². The molecule has 8 heteroatoms. The monoisotopic (exact) mass is 390 g/mol. The number of carbonyl (C=O) groups is 4. The molecule has 1 saturated carbocycles. The first-order chi connectivity index (χ1) is 13.3. The van der Waals surface area contributed by atoms with Gasteiger partial charge < -0.3 is 10.1 Å². The number of halogens is 1. The van der Waals surface area contributed by atoms with Gasteiger partial charge in [0.05, 0.1) is 11.8 Å². The molecule has 1 heterocycles. The normalized spacial score (nSPS) is 23.8. The van der Waals surface area contributed by atoms with Crippen LogP contribution in [0.5, 0.6) is 0 Å². The van der Waals surface area contributed by atoms with Gasteiger partial charge in [0.1, 0.15) is 11.9 Å². The predicted octanol–water partition coefficient (Wildman–Crippen LogP) is 2.26. The van der Waals surface area contributed by atoms with Crippen molar-refractivity contribution in [1.29, 1.82) is 0 Å². The van der Waals surface area contributed by atoms with Gasteiger partial charge in [-0.15, -0.1) is 0 Å². The zero-order chi connectivity index (χ0) is 20.4. The van der Waals surface area contributed by atoms with Gasteiger partial charge in [-0.1, -0.05) is 18.9 Å². The fourth-order valence-electron chi connectivity index (χ4n) is 3.81. The van der Waals surface area contributed by atoms with Gasteiger partial charge in [-0.3, -0.25) is 19.3 Å². The first-order valence-electron chi connectivity index (χ1n) is 9.43. The van der Waals surface area contributed by atoms with Crippen LogP contribution in [0.1, 0.15) is 39.5 Å². The van der Waals surface area contributed by atoms with E-state index in [0.717, 1.165) is 23.8 Å². The number of hydrogen-bond donors (Lipinski definition) is 1. The van der Waals surface area contributed by atoms with E-state index >= 15 is 0 Å². The van der Waals surface area contributed by atoms with E-state index in [1.807, 2.05) is 0 Å². The first kappa shape index (κ1) is 20.0. The highest BCUT2D eigenvalue weighted by Gasteiger charge is 2.51. The summed E-state index contributed by atoms with van der Waals surface area (Å²) in [6.45, 7) is 2.79. The number of anilines is 1. The lowest BCUT2D eigenvalue weighted by Crippen LogP contribution is -2.46. The molecule has 150 valence electrons. The quantitative estimate of drug-likeness (QED) is 0.615. The highest BCUT2D eigenvalue weighted by molar-refractivity contribution is 6.08. The van der Waals surface area contributed by atoms with E-state index in [-0.39, 0.29) is 29.3 Å². The molecule has 0 bridgehead atoms. The van der Waals surface area contributed by atoms with E-state index in [1.165, 1.54) is 32.0 Å². The molecule has 3 rings (SSSR count). The van der Waals surface area contributed by atoms with Crippen LogP contribution in [-0.2, 0) is 23.9 Å². The molecule has 28 heavy (non-hydrogen) atoms. The van der Waals surface area contributed by atoms with Gasteiger partial charge in [0, 0.05) is 5.69 Å². The molecular formula is C20H23FN2O5. The summed E-state index contributed by atoms with van der Waals surface area (Å²) >= 11 is 0. The van der Waals surface area contributed by atoms with Crippen molar-refractivity contribution in [3.05, 3.63) is 30.1 Å². The number of likely N-dealkylation sites (tertiary alicyclic amines) is 1. The molecule has 7 nitrogen and oxygen atoms in total. The Balaban J connectivity index is 1.61. The summed E-state index contributed by atoms with van der Waals surface area (Å²) in [7, 11) is 0. The molecule has 4 atom stereocenters. The van der Waals surface area contributed by atoms with E-state index in [2.05, 4.69) is 5.32 Å². The van der Waals surface area contributed by atoms with Crippen molar-refractivity contribution in [3.63, 3.8) is 0 Å². The number of hydrogen-bond acceptors (Lipinski definition) is 5. The van der Waals surface area contributed by atoms with Crippen LogP contribution in [-0.4, -0.2) is 40.7 Å². The van der Waals surface area contributed by atoms with Crippen molar-refractivity contribution in [2.45, 2.75) is 51.7 Å². The van der Waals surface area contributed by atoms with E-state index in [0.29, 0.717) is 12.8 Å². The largest absolute Gasteiger partial charge is 0.451 e. The van der Waals surface area contributed by atoms with Gasteiger partial charge >= 0.3 is 5.97 Å². The number of rotatable bonds is 5. The molecule has 1 N–H and O–H groups in total. The predicted molar refractivity (Wildman–Crippen MR) is 97.3 cm³/mol. The summed E-state index contributed by atoms with van der Waals surface area (Å²) in [5.74, 6) is -3.37. The van der Waals surface area contributed by atoms with Crippen LogP contribution in [0.15, 0.2) is 24.3 Å². The molecule has 1 aromatic rings. The van der Waals surface area contributed by atoms with Crippen LogP contribution >= 0.6 is 0 Å². The number of esters is 1. The number of ether oxygens (including phenoxy) is 1. The second-order valence-electron chi connectivity index (χ2n) is 7.30. The summed E-state index contributed by atoms with van der Waals surface area (Å²) < 4.78 is 18.3. The minimum absolute atomic E-state index is 0.231. The molecule has 1 saturated heterocycles. The maximum atomic E-state index is 13.2. The lowest BCUT2D eigenvalue weighted by molar-refractivity contribution is -0.163. The lowest BCUT2D eigenvalue weighted by Gasteiger charge is -2.23.